The second kappa shape index (κ2) is 2.96. The topological polar surface area (TPSA) is 46.5 Å². The molecule has 0 bridgehead atoms. The van der Waals surface area contributed by atoms with Gasteiger partial charge in [0, 0.05) is 0 Å². The van der Waals surface area contributed by atoms with E-state index in [1.165, 1.54) is 0 Å². The van der Waals surface area contributed by atoms with Crippen LogP contribution in [0.25, 0.3) is 0 Å². The predicted molar refractivity (Wildman–Crippen MR) is 24.8 cm³/mol. The summed E-state index contributed by atoms with van der Waals surface area (Å²) in [4.78, 5) is 9.45. The molecule has 0 saturated carbocycles. The van der Waals surface area contributed by atoms with Crippen molar-refractivity contribution in [1.82, 2.24) is 0 Å². The van der Waals surface area contributed by atoms with Crippen molar-refractivity contribution in [1.29, 1.82) is 0 Å². The van der Waals surface area contributed by atoms with Crippen molar-refractivity contribution in [2.45, 2.75) is 11.7 Å². The molecule has 0 aromatic heterocycles. The summed E-state index contributed by atoms with van der Waals surface area (Å²) in [5.74, 6) is 0. The molecule has 10 heavy (non-hydrogen) atoms. The van der Waals surface area contributed by atoms with Crippen molar-refractivity contribution in [2.75, 3.05) is 0 Å². The zero-order chi connectivity index (χ0) is 8.36. The zero-order valence-corrected chi connectivity index (χ0v) is 5.11. The summed E-state index contributed by atoms with van der Waals surface area (Å²) < 4.78 is 37.0. The quantitative estimate of drug-likeness (QED) is 0.492. The highest BCUT2D eigenvalue weighted by Gasteiger charge is 2.41. The molecule has 0 aromatic rings. The number of ether oxygens (including phenoxy) is 1. The fourth-order valence-electron chi connectivity index (χ4n) is 0.155. The van der Waals surface area contributed by atoms with Gasteiger partial charge < -0.3 is 9.84 Å². The van der Waals surface area contributed by atoms with Gasteiger partial charge in [0.15, 0.2) is 0 Å². The summed E-state index contributed by atoms with van der Waals surface area (Å²) in [5.41, 5.74) is -2.79. The third kappa shape index (κ3) is 3.39. The van der Waals surface area contributed by atoms with Gasteiger partial charge >= 0.3 is 12.3 Å². The molecule has 0 fully saturated rings. The van der Waals surface area contributed by atoms with E-state index in [0.717, 1.165) is 0 Å². The minimum Gasteiger partial charge on any atom is -0.450 e. The Morgan fingerprint density at radius 2 is 2.00 bits per heavy atom. The van der Waals surface area contributed by atoms with Gasteiger partial charge in [-0.25, -0.2) is 4.79 Å². The molecule has 60 valence electrons. The Hall–Kier alpha value is -0.650. The molecule has 0 spiro atoms. The molecule has 0 aromatic carbocycles. The first-order chi connectivity index (χ1) is 4.34. The summed E-state index contributed by atoms with van der Waals surface area (Å²) in [6.45, 7) is 0. The molecule has 0 radical (unpaired) electrons. The van der Waals surface area contributed by atoms with E-state index in [1.54, 1.807) is 0 Å². The summed E-state index contributed by atoms with van der Waals surface area (Å²) in [6.07, 6.45) is -6.91. The lowest BCUT2D eigenvalue weighted by Gasteiger charge is -2.10. The molecule has 0 aliphatic rings. The highest BCUT2D eigenvalue weighted by Crippen LogP contribution is 2.25. The van der Waals surface area contributed by atoms with Gasteiger partial charge in [-0.05, 0) is 0 Å². The van der Waals surface area contributed by atoms with Gasteiger partial charge in [-0.15, -0.1) is 0 Å². The summed E-state index contributed by atoms with van der Waals surface area (Å²) in [7, 11) is 0. The molecule has 0 aliphatic heterocycles. The minimum atomic E-state index is -4.85. The van der Waals surface area contributed by atoms with E-state index in [-0.39, 0.29) is 0 Å². The monoisotopic (exact) mass is 178 g/mol. The van der Waals surface area contributed by atoms with Crippen LogP contribution < -0.4 is 0 Å². The molecule has 0 amide bonds. The van der Waals surface area contributed by atoms with Gasteiger partial charge in [0.05, 0.1) is 0 Å². The van der Waals surface area contributed by atoms with E-state index in [2.05, 4.69) is 16.3 Å². The van der Waals surface area contributed by atoms with Crippen LogP contribution in [0.15, 0.2) is 0 Å². The number of halogens is 4. The molecule has 7 heteroatoms. The standard InChI is InChI=1S/C3H2ClF3O3/c4-1(3(5,6)7)10-2(8)9/h1H,(H,8,9). The van der Waals surface area contributed by atoms with Crippen molar-refractivity contribution in [3.8, 4) is 0 Å². The highest BCUT2D eigenvalue weighted by atomic mass is 35.5. The highest BCUT2D eigenvalue weighted by molar-refractivity contribution is 6.20. The molecule has 0 aliphatic carbocycles. The summed E-state index contributed by atoms with van der Waals surface area (Å²) in [6, 6.07) is 0. The molecular formula is C3H2ClF3O3. The normalized spacial score (nSPS) is 14.4. The molecule has 0 saturated heterocycles. The maximum absolute atomic E-state index is 11.3. The number of carboxylic acid groups (broad SMARTS) is 1. The Kier molecular flexibility index (Phi) is 2.77. The molecule has 0 heterocycles. The van der Waals surface area contributed by atoms with E-state index >= 15 is 0 Å². The predicted octanol–water partition coefficient (Wildman–Crippen LogP) is 1.81. The van der Waals surface area contributed by atoms with Crippen LogP contribution in [-0.4, -0.2) is 23.0 Å². The molecule has 0 rings (SSSR count). The Morgan fingerprint density at radius 1 is 1.60 bits per heavy atom. The lowest BCUT2D eigenvalue weighted by atomic mass is 10.7. The van der Waals surface area contributed by atoms with Crippen molar-refractivity contribution in [2.24, 2.45) is 0 Å². The van der Waals surface area contributed by atoms with Gasteiger partial charge in [-0.2, -0.15) is 13.2 Å². The third-order valence-electron chi connectivity index (χ3n) is 0.462. The van der Waals surface area contributed by atoms with Crippen molar-refractivity contribution < 1.29 is 27.8 Å². The number of carbonyl (C=O) groups is 1. The number of alkyl halides is 4. The molecule has 1 unspecified atom stereocenters. The molecular weight excluding hydrogens is 176 g/mol. The van der Waals surface area contributed by atoms with Crippen LogP contribution in [0.3, 0.4) is 0 Å². The van der Waals surface area contributed by atoms with Crippen LogP contribution in [0.2, 0.25) is 0 Å². The van der Waals surface area contributed by atoms with E-state index in [1.807, 2.05) is 0 Å². The van der Waals surface area contributed by atoms with Crippen LogP contribution in [0.1, 0.15) is 0 Å². The van der Waals surface area contributed by atoms with Crippen molar-refractivity contribution in [3.63, 3.8) is 0 Å². The SMILES string of the molecule is O=C(O)OC(Cl)C(F)(F)F. The van der Waals surface area contributed by atoms with Gasteiger partial charge in [-0.3, -0.25) is 0 Å². The Bertz CT molecular complexity index is 133. The first-order valence-electron chi connectivity index (χ1n) is 1.94. The Balaban J connectivity index is 3.85. The second-order valence-electron chi connectivity index (χ2n) is 1.24. The average molecular weight is 178 g/mol. The minimum absolute atomic E-state index is 2.06. The largest absolute Gasteiger partial charge is 0.507 e. The maximum Gasteiger partial charge on any atom is 0.507 e. The van der Waals surface area contributed by atoms with E-state index in [9.17, 15) is 18.0 Å². The smallest absolute Gasteiger partial charge is 0.450 e. The van der Waals surface area contributed by atoms with Crippen LogP contribution in [0, 0.1) is 0 Å². The van der Waals surface area contributed by atoms with E-state index in [4.69, 9.17) is 5.11 Å². The van der Waals surface area contributed by atoms with Crippen LogP contribution in [0.5, 0.6) is 0 Å². The lowest BCUT2D eigenvalue weighted by molar-refractivity contribution is -0.180. The van der Waals surface area contributed by atoms with Crippen molar-refractivity contribution >= 4 is 17.8 Å². The van der Waals surface area contributed by atoms with Crippen LogP contribution in [-0.2, 0) is 4.74 Å². The first kappa shape index (κ1) is 9.35. The third-order valence-corrected chi connectivity index (χ3v) is 0.798. The molecule has 1 atom stereocenters. The second-order valence-corrected chi connectivity index (χ2v) is 1.64. The average Bonchev–Trinajstić information content (AvgIpc) is 1.60. The summed E-state index contributed by atoms with van der Waals surface area (Å²) >= 11 is 4.42. The number of rotatable bonds is 1. The van der Waals surface area contributed by atoms with Gasteiger partial charge in [0.2, 0.25) is 0 Å². The zero-order valence-electron chi connectivity index (χ0n) is 4.35. The molecule has 1 N–H and O–H groups in total. The molecule has 3 nitrogen and oxygen atoms in total. The fraction of sp³-hybridized carbons (Fsp3) is 0.667. The number of hydrogen-bond acceptors (Lipinski definition) is 2. The lowest BCUT2D eigenvalue weighted by Crippen LogP contribution is -2.28. The van der Waals surface area contributed by atoms with Crippen molar-refractivity contribution in [3.05, 3.63) is 0 Å². The summed E-state index contributed by atoms with van der Waals surface area (Å²) in [5, 5.41) is 7.64. The van der Waals surface area contributed by atoms with Gasteiger partial charge in [0.1, 0.15) is 0 Å². The first-order valence-corrected chi connectivity index (χ1v) is 2.38. The van der Waals surface area contributed by atoms with E-state index in [0.29, 0.717) is 0 Å². The maximum atomic E-state index is 11.3. The number of hydrogen-bond donors (Lipinski definition) is 1. The fourth-order valence-corrected chi connectivity index (χ4v) is 0.232. The van der Waals surface area contributed by atoms with Crippen LogP contribution >= 0.6 is 11.6 Å². The van der Waals surface area contributed by atoms with Gasteiger partial charge in [0.25, 0.3) is 5.56 Å². The van der Waals surface area contributed by atoms with Gasteiger partial charge in [-0.1, -0.05) is 11.6 Å². The Labute approximate surface area is 58.3 Å². The van der Waals surface area contributed by atoms with Crippen LogP contribution in [0.4, 0.5) is 18.0 Å². The van der Waals surface area contributed by atoms with E-state index < -0.39 is 17.9 Å². The Morgan fingerprint density at radius 3 is 2.10 bits per heavy atom.